The molecule has 0 aromatic carbocycles. The molecule has 1 aromatic rings. The Morgan fingerprint density at radius 1 is 1.20 bits per heavy atom. The van der Waals surface area contributed by atoms with E-state index < -0.39 is 35.6 Å². The highest BCUT2D eigenvalue weighted by molar-refractivity contribution is 6.32. The molecule has 0 bridgehead atoms. The number of rotatable bonds is 2. The molecule has 35 heavy (non-hydrogen) atoms. The van der Waals surface area contributed by atoms with Crippen molar-refractivity contribution < 1.29 is 29.3 Å². The Hall–Kier alpha value is -1.80. The lowest BCUT2D eigenvalue weighted by atomic mass is 9.73. The molecule has 7 atom stereocenters. The Morgan fingerprint density at radius 2 is 1.91 bits per heavy atom. The Bertz CT molecular complexity index is 935. The number of Topliss-reactive ketones (excluding diaryl/α,β-unsaturated/α-hetero) is 1. The molecule has 7 unspecified atom stereocenters. The number of aliphatic hydroxyl groups excluding tert-OH is 2. The van der Waals surface area contributed by atoms with Crippen LogP contribution in [0.25, 0.3) is 6.08 Å². The number of aliphatic hydroxyl groups is 2. The van der Waals surface area contributed by atoms with Crippen molar-refractivity contribution in [1.29, 1.82) is 0 Å². The topological polar surface area (TPSA) is 109 Å². The van der Waals surface area contributed by atoms with E-state index in [1.54, 1.807) is 45.2 Å². The third-order valence-electron chi connectivity index (χ3n) is 7.69. The first-order valence-electron chi connectivity index (χ1n) is 12.4. The summed E-state index contributed by atoms with van der Waals surface area (Å²) in [6, 6.07) is 5.43. The molecule has 0 spiro atoms. The van der Waals surface area contributed by atoms with Gasteiger partial charge in [0.15, 0.2) is 0 Å². The van der Waals surface area contributed by atoms with Gasteiger partial charge in [-0.2, -0.15) is 0 Å². The number of pyridine rings is 1. The van der Waals surface area contributed by atoms with Crippen LogP contribution in [0.2, 0.25) is 0 Å². The largest absolute Gasteiger partial charge is 0.456 e. The summed E-state index contributed by atoms with van der Waals surface area (Å²) in [5.41, 5.74) is -0.969. The van der Waals surface area contributed by atoms with E-state index >= 15 is 0 Å². The number of esters is 1. The van der Waals surface area contributed by atoms with Crippen LogP contribution in [-0.2, 0) is 19.1 Å². The second-order valence-electron chi connectivity index (χ2n) is 10.9. The fourth-order valence-electron chi connectivity index (χ4n) is 4.88. The summed E-state index contributed by atoms with van der Waals surface area (Å²) in [5.74, 6) is -1.72. The van der Waals surface area contributed by atoms with Gasteiger partial charge in [0.1, 0.15) is 11.9 Å². The lowest BCUT2D eigenvalue weighted by molar-refractivity contribution is -0.154. The van der Waals surface area contributed by atoms with Gasteiger partial charge in [0, 0.05) is 18.5 Å². The smallest absolute Gasteiger partial charge is 0.309 e. The van der Waals surface area contributed by atoms with Crippen LogP contribution in [-0.4, -0.2) is 57.0 Å². The maximum absolute atomic E-state index is 13.2. The maximum Gasteiger partial charge on any atom is 0.309 e. The Kier molecular flexibility index (Phi) is 8.79. The van der Waals surface area contributed by atoms with Crippen molar-refractivity contribution in [2.75, 3.05) is 0 Å². The van der Waals surface area contributed by atoms with Crippen molar-refractivity contribution >= 4 is 29.4 Å². The number of ether oxygens (including phenoxy) is 2. The third kappa shape index (κ3) is 6.70. The molecule has 2 N–H and O–H groups in total. The minimum atomic E-state index is -1.28. The van der Waals surface area contributed by atoms with Gasteiger partial charge in [-0.3, -0.25) is 14.6 Å². The summed E-state index contributed by atoms with van der Waals surface area (Å²) in [6.45, 7) is 8.83. The van der Waals surface area contributed by atoms with Gasteiger partial charge in [-0.05, 0) is 43.9 Å². The normalized spacial score (nSPS) is 37.3. The van der Waals surface area contributed by atoms with E-state index in [0.29, 0.717) is 17.1 Å². The number of epoxide rings is 1. The summed E-state index contributed by atoms with van der Waals surface area (Å²) in [6.07, 6.45) is 2.64. The van der Waals surface area contributed by atoms with E-state index in [0.717, 1.165) is 19.3 Å². The number of carbonyl (C=O) groups excluding carboxylic acids is 2. The predicted octanol–water partition coefficient (Wildman–Crippen LogP) is 4.28. The van der Waals surface area contributed by atoms with Crippen LogP contribution in [0.15, 0.2) is 29.4 Å². The van der Waals surface area contributed by atoms with Crippen LogP contribution in [0.5, 0.6) is 0 Å². The number of hydrogen-bond acceptors (Lipinski definition) is 7. The molecule has 2 saturated heterocycles. The van der Waals surface area contributed by atoms with Crippen LogP contribution in [0.4, 0.5) is 0 Å². The van der Waals surface area contributed by atoms with Crippen molar-refractivity contribution in [3.05, 3.63) is 35.1 Å². The highest BCUT2D eigenvalue weighted by atomic mass is 35.5. The second-order valence-corrected chi connectivity index (χ2v) is 11.3. The summed E-state index contributed by atoms with van der Waals surface area (Å²) < 4.78 is 11.7. The molecule has 0 amide bonds. The number of aromatic nitrogens is 1. The molecule has 3 rings (SSSR count). The van der Waals surface area contributed by atoms with Gasteiger partial charge in [-0.1, -0.05) is 51.8 Å². The average molecular weight is 508 g/mol. The lowest BCUT2D eigenvalue weighted by Gasteiger charge is -2.34. The van der Waals surface area contributed by atoms with Crippen LogP contribution >= 0.6 is 11.6 Å². The molecule has 7 nitrogen and oxygen atoms in total. The molecule has 2 fully saturated rings. The van der Waals surface area contributed by atoms with Gasteiger partial charge < -0.3 is 19.7 Å². The molecule has 0 radical (unpaired) electrons. The highest BCUT2D eigenvalue weighted by Crippen LogP contribution is 2.45. The molecular weight excluding hydrogens is 470 g/mol. The van der Waals surface area contributed by atoms with E-state index in [4.69, 9.17) is 21.1 Å². The third-order valence-corrected chi connectivity index (χ3v) is 8.04. The van der Waals surface area contributed by atoms with Gasteiger partial charge in [-0.25, -0.2) is 0 Å². The molecule has 0 saturated carbocycles. The van der Waals surface area contributed by atoms with Gasteiger partial charge in [-0.15, -0.1) is 0 Å². The molecule has 0 aliphatic carbocycles. The van der Waals surface area contributed by atoms with E-state index in [2.05, 4.69) is 4.98 Å². The average Bonchev–Trinajstić information content (AvgIpc) is 3.45. The SMILES string of the molecule is CC1CCCC2(C)OC2CC(C(Cl)=Cc2ccccn2)OC(=O)CC(O)C(C)(C)C(=O)C(C)C1O. The van der Waals surface area contributed by atoms with E-state index in [1.807, 2.05) is 19.9 Å². The van der Waals surface area contributed by atoms with Gasteiger partial charge in [0.05, 0.1) is 46.5 Å². The zero-order valence-electron chi connectivity index (χ0n) is 21.2. The first-order chi connectivity index (χ1) is 16.3. The first-order valence-corrected chi connectivity index (χ1v) is 12.8. The van der Waals surface area contributed by atoms with Crippen molar-refractivity contribution in [2.24, 2.45) is 17.3 Å². The van der Waals surface area contributed by atoms with Crippen molar-refractivity contribution in [1.82, 2.24) is 4.98 Å². The predicted molar refractivity (Wildman–Crippen MR) is 133 cm³/mol. The first kappa shape index (κ1) is 27.8. The summed E-state index contributed by atoms with van der Waals surface area (Å²) in [5, 5.41) is 21.9. The Balaban J connectivity index is 1.86. The van der Waals surface area contributed by atoms with E-state index in [9.17, 15) is 19.8 Å². The zero-order chi connectivity index (χ0) is 26.0. The van der Waals surface area contributed by atoms with Gasteiger partial charge in [0.25, 0.3) is 0 Å². The maximum atomic E-state index is 13.2. The van der Waals surface area contributed by atoms with Gasteiger partial charge >= 0.3 is 5.97 Å². The summed E-state index contributed by atoms with van der Waals surface area (Å²) in [7, 11) is 0. The number of cyclic esters (lactones) is 1. The lowest BCUT2D eigenvalue weighted by Crippen LogP contribution is -2.45. The standard InChI is InChI=1S/C27H38ClNO6/c1-16-9-8-11-27(5)22(35-27)14-20(19(28)13-18-10-6-7-12-29-18)34-23(31)15-21(30)26(3,4)25(33)17(2)24(16)32/h6-7,10,12-13,16-17,20-22,24,30,32H,8-9,11,14-15H2,1-5H3. The van der Waals surface area contributed by atoms with E-state index in [1.165, 1.54) is 0 Å². The van der Waals surface area contributed by atoms with Crippen molar-refractivity contribution in [3.63, 3.8) is 0 Å². The van der Waals surface area contributed by atoms with Crippen LogP contribution in [0, 0.1) is 17.3 Å². The minimum absolute atomic E-state index is 0.0935. The number of hydrogen-bond donors (Lipinski definition) is 2. The Labute approximate surface area is 212 Å². The molecular formula is C27H38ClNO6. The summed E-state index contributed by atoms with van der Waals surface area (Å²) >= 11 is 6.60. The van der Waals surface area contributed by atoms with Crippen LogP contribution in [0.1, 0.15) is 72.4 Å². The van der Waals surface area contributed by atoms with Crippen molar-refractivity contribution in [3.8, 4) is 0 Å². The van der Waals surface area contributed by atoms with Crippen LogP contribution < -0.4 is 0 Å². The Morgan fingerprint density at radius 3 is 2.57 bits per heavy atom. The monoisotopic (exact) mass is 507 g/mol. The molecule has 2 aliphatic rings. The van der Waals surface area contributed by atoms with Gasteiger partial charge in [0.2, 0.25) is 0 Å². The molecule has 3 heterocycles. The number of fused-ring (bicyclic) bond motifs is 1. The second kappa shape index (κ2) is 11.1. The number of carbonyl (C=O) groups is 2. The fourth-order valence-corrected chi connectivity index (χ4v) is 5.13. The van der Waals surface area contributed by atoms with E-state index in [-0.39, 0.29) is 29.8 Å². The molecule has 194 valence electrons. The summed E-state index contributed by atoms with van der Waals surface area (Å²) in [4.78, 5) is 30.3. The zero-order valence-corrected chi connectivity index (χ0v) is 22.0. The fraction of sp³-hybridized carbons (Fsp3) is 0.667. The number of halogens is 1. The highest BCUT2D eigenvalue weighted by Gasteiger charge is 2.53. The molecule has 8 heteroatoms. The molecule has 1 aromatic heterocycles. The van der Waals surface area contributed by atoms with Crippen LogP contribution in [0.3, 0.4) is 0 Å². The minimum Gasteiger partial charge on any atom is -0.456 e. The quantitative estimate of drug-likeness (QED) is 0.454. The number of ketones is 1. The molecule has 2 aliphatic heterocycles. The number of nitrogens with zero attached hydrogens (tertiary/aromatic N) is 1. The van der Waals surface area contributed by atoms with Crippen molar-refractivity contribution in [2.45, 2.75) is 96.7 Å².